The molecule has 0 aromatic carbocycles. The first-order chi connectivity index (χ1) is 5.12. The standard InChI is InChI=1S/C5H13N.C5H9N/c2*1-5(2,3)4-6/h4,6H2,1-3H3;1-3H3. The Balaban J connectivity index is 0. The van der Waals surface area contributed by atoms with Crippen LogP contribution in [0.4, 0.5) is 0 Å². The van der Waals surface area contributed by atoms with Crippen LogP contribution in [-0.4, -0.2) is 6.54 Å². The fourth-order valence-corrected chi connectivity index (χ4v) is 0. The first-order valence-electron chi connectivity index (χ1n) is 4.24. The van der Waals surface area contributed by atoms with Gasteiger partial charge >= 0.3 is 0 Å². The second kappa shape index (κ2) is 5.16. The van der Waals surface area contributed by atoms with Crippen LogP contribution in [-0.2, 0) is 0 Å². The van der Waals surface area contributed by atoms with E-state index in [1.165, 1.54) is 0 Å². The maximum atomic E-state index is 8.15. The van der Waals surface area contributed by atoms with Crippen LogP contribution in [0.1, 0.15) is 41.5 Å². The monoisotopic (exact) mass is 170 g/mol. The van der Waals surface area contributed by atoms with Crippen molar-refractivity contribution in [3.05, 3.63) is 0 Å². The molecule has 72 valence electrons. The van der Waals surface area contributed by atoms with Gasteiger partial charge in [-0.25, -0.2) is 0 Å². The van der Waals surface area contributed by atoms with Crippen molar-refractivity contribution >= 4 is 0 Å². The van der Waals surface area contributed by atoms with Crippen molar-refractivity contribution in [3.8, 4) is 6.07 Å². The van der Waals surface area contributed by atoms with Crippen molar-refractivity contribution in [2.45, 2.75) is 41.5 Å². The molecule has 0 aromatic heterocycles. The highest BCUT2D eigenvalue weighted by Gasteiger charge is 2.04. The molecule has 0 spiro atoms. The Hall–Kier alpha value is -0.550. The quantitative estimate of drug-likeness (QED) is 0.607. The van der Waals surface area contributed by atoms with Crippen LogP contribution in [0.2, 0.25) is 0 Å². The molecule has 2 N–H and O–H groups in total. The molecule has 12 heavy (non-hydrogen) atoms. The zero-order chi connectivity index (χ0) is 10.4. The minimum atomic E-state index is -0.153. The van der Waals surface area contributed by atoms with Gasteiger partial charge in [0, 0.05) is 5.41 Å². The zero-order valence-corrected chi connectivity index (χ0v) is 9.23. The van der Waals surface area contributed by atoms with E-state index in [0.29, 0.717) is 5.41 Å². The average molecular weight is 170 g/mol. The second-order valence-corrected chi connectivity index (χ2v) is 5.13. The van der Waals surface area contributed by atoms with Gasteiger partial charge in [-0.2, -0.15) is 5.26 Å². The molecule has 0 rings (SSSR count). The van der Waals surface area contributed by atoms with Crippen molar-refractivity contribution in [1.29, 1.82) is 5.26 Å². The summed E-state index contributed by atoms with van der Waals surface area (Å²) in [5.41, 5.74) is 5.47. The van der Waals surface area contributed by atoms with Crippen LogP contribution in [0.15, 0.2) is 0 Å². The van der Waals surface area contributed by atoms with Gasteiger partial charge in [0.2, 0.25) is 0 Å². The van der Waals surface area contributed by atoms with E-state index in [0.717, 1.165) is 6.54 Å². The van der Waals surface area contributed by atoms with E-state index in [2.05, 4.69) is 26.8 Å². The van der Waals surface area contributed by atoms with Gasteiger partial charge in [0.25, 0.3) is 0 Å². The molecule has 0 saturated carbocycles. The highest BCUT2D eigenvalue weighted by Crippen LogP contribution is 2.08. The van der Waals surface area contributed by atoms with E-state index in [9.17, 15) is 0 Å². The minimum Gasteiger partial charge on any atom is -0.330 e. The normalized spacial score (nSPS) is 11.2. The molecule has 0 aliphatic rings. The third-order valence-electron chi connectivity index (χ3n) is 0.948. The Morgan fingerprint density at radius 2 is 1.25 bits per heavy atom. The van der Waals surface area contributed by atoms with Gasteiger partial charge in [-0.15, -0.1) is 0 Å². The van der Waals surface area contributed by atoms with E-state index in [1.807, 2.05) is 20.8 Å². The van der Waals surface area contributed by atoms with Crippen molar-refractivity contribution < 1.29 is 0 Å². The summed E-state index contributed by atoms with van der Waals surface area (Å²) in [6.45, 7) is 12.8. The fourth-order valence-electron chi connectivity index (χ4n) is 0. The van der Waals surface area contributed by atoms with E-state index < -0.39 is 0 Å². The Labute approximate surface area is 76.8 Å². The molecule has 0 aliphatic carbocycles. The van der Waals surface area contributed by atoms with Gasteiger partial charge in [-0.1, -0.05) is 20.8 Å². The number of nitriles is 1. The molecule has 0 unspecified atom stereocenters. The Kier molecular flexibility index (Phi) is 6.02. The highest BCUT2D eigenvalue weighted by molar-refractivity contribution is 4.86. The molecule has 0 aromatic rings. The number of hydrogen-bond acceptors (Lipinski definition) is 2. The lowest BCUT2D eigenvalue weighted by Gasteiger charge is -2.12. The van der Waals surface area contributed by atoms with Gasteiger partial charge in [0.1, 0.15) is 0 Å². The van der Waals surface area contributed by atoms with E-state index in [-0.39, 0.29) is 5.41 Å². The maximum absolute atomic E-state index is 8.15. The number of nitrogens with two attached hydrogens (primary N) is 1. The second-order valence-electron chi connectivity index (χ2n) is 5.13. The summed E-state index contributed by atoms with van der Waals surface area (Å²) in [4.78, 5) is 0. The van der Waals surface area contributed by atoms with Crippen LogP contribution in [0, 0.1) is 22.2 Å². The highest BCUT2D eigenvalue weighted by atomic mass is 14.6. The molecule has 2 nitrogen and oxygen atoms in total. The molecule has 2 heteroatoms. The van der Waals surface area contributed by atoms with Gasteiger partial charge in [0.05, 0.1) is 6.07 Å². The lowest BCUT2D eigenvalue weighted by atomic mass is 9.98. The van der Waals surface area contributed by atoms with Crippen molar-refractivity contribution in [2.75, 3.05) is 6.54 Å². The number of rotatable bonds is 0. The lowest BCUT2D eigenvalue weighted by Crippen LogP contribution is -2.18. The maximum Gasteiger partial charge on any atom is 0.0680 e. The van der Waals surface area contributed by atoms with Crippen molar-refractivity contribution in [3.63, 3.8) is 0 Å². The Bertz CT molecular complexity index is 141. The van der Waals surface area contributed by atoms with Crippen molar-refractivity contribution in [2.24, 2.45) is 16.6 Å². The summed E-state index contributed by atoms with van der Waals surface area (Å²) in [5.74, 6) is 0. The molecular formula is C10H22N2. The third kappa shape index (κ3) is 22.7. The van der Waals surface area contributed by atoms with Gasteiger partial charge in [0.15, 0.2) is 0 Å². The number of hydrogen-bond donors (Lipinski definition) is 1. The average Bonchev–Trinajstić information content (AvgIpc) is 1.86. The fraction of sp³-hybridized carbons (Fsp3) is 0.900. The molecule has 0 saturated heterocycles. The van der Waals surface area contributed by atoms with Crippen LogP contribution >= 0.6 is 0 Å². The van der Waals surface area contributed by atoms with Crippen LogP contribution < -0.4 is 5.73 Å². The zero-order valence-electron chi connectivity index (χ0n) is 9.23. The molecule has 0 bridgehead atoms. The molecule has 0 radical (unpaired) electrons. The van der Waals surface area contributed by atoms with Crippen LogP contribution in [0.25, 0.3) is 0 Å². The van der Waals surface area contributed by atoms with Crippen LogP contribution in [0.5, 0.6) is 0 Å². The predicted octanol–water partition coefficient (Wildman–Crippen LogP) is 2.55. The Morgan fingerprint density at radius 3 is 1.25 bits per heavy atom. The summed E-state index contributed by atoms with van der Waals surface area (Å²) in [6, 6.07) is 2.10. The molecule has 0 aliphatic heterocycles. The van der Waals surface area contributed by atoms with E-state index in [1.54, 1.807) is 0 Å². The van der Waals surface area contributed by atoms with Gasteiger partial charge in [-0.05, 0) is 32.7 Å². The predicted molar refractivity (Wildman–Crippen MR) is 53.6 cm³/mol. The number of nitrogens with zero attached hydrogens (tertiary/aromatic N) is 1. The lowest BCUT2D eigenvalue weighted by molar-refractivity contribution is 0.428. The van der Waals surface area contributed by atoms with E-state index in [4.69, 9.17) is 11.0 Å². The molecule has 0 atom stereocenters. The molecule has 0 heterocycles. The summed E-state index contributed by atoms with van der Waals surface area (Å²) in [5, 5.41) is 8.15. The van der Waals surface area contributed by atoms with Crippen LogP contribution in [0.3, 0.4) is 0 Å². The summed E-state index contributed by atoms with van der Waals surface area (Å²) in [6.07, 6.45) is 0. The van der Waals surface area contributed by atoms with E-state index >= 15 is 0 Å². The summed E-state index contributed by atoms with van der Waals surface area (Å²) >= 11 is 0. The smallest absolute Gasteiger partial charge is 0.0680 e. The largest absolute Gasteiger partial charge is 0.330 e. The Morgan fingerprint density at radius 1 is 1.08 bits per heavy atom. The first-order valence-corrected chi connectivity index (χ1v) is 4.24. The van der Waals surface area contributed by atoms with Crippen molar-refractivity contribution in [1.82, 2.24) is 0 Å². The van der Waals surface area contributed by atoms with Gasteiger partial charge < -0.3 is 5.73 Å². The first kappa shape index (κ1) is 14.0. The van der Waals surface area contributed by atoms with Gasteiger partial charge in [-0.3, -0.25) is 0 Å². The molecular weight excluding hydrogens is 148 g/mol. The SMILES string of the molecule is CC(C)(C)C#N.CC(C)(C)CN. The summed E-state index contributed by atoms with van der Waals surface area (Å²) in [7, 11) is 0. The third-order valence-corrected chi connectivity index (χ3v) is 0.948. The molecule has 0 amide bonds. The molecule has 0 fully saturated rings. The topological polar surface area (TPSA) is 49.8 Å². The summed E-state index contributed by atoms with van der Waals surface area (Å²) < 4.78 is 0. The minimum absolute atomic E-state index is 0.153.